The van der Waals surface area contributed by atoms with E-state index in [1.165, 1.54) is 0 Å². The van der Waals surface area contributed by atoms with Gasteiger partial charge in [0.1, 0.15) is 6.17 Å². The standard InChI is InChI=1S/C34H41F2NO6/c1-5-6-29-42-28-15-22-23-14-25(35)24-13-19(2)11-12-31(24,3)33(23,36)26(38)16-32(22,4)34(28,43-29)27(39)18-41-30(40)21-9-7-20(17-37)8-10-21/h7-13,22-23,25-26,28-29,38H,2,5-6,14-18,37H2,1,3-4H3/t22-,23-,25-,26-,28+,29?,31-,32-,33-,34+/m0/s1. The van der Waals surface area contributed by atoms with Crippen LogP contribution >= 0.6 is 0 Å². The zero-order valence-electron chi connectivity index (χ0n) is 25.0. The number of carbonyl (C=O) groups excluding carboxylic acids is 2. The molecule has 5 aliphatic rings. The average Bonchev–Trinajstić information content (AvgIpc) is 3.46. The minimum absolute atomic E-state index is 0.0990. The summed E-state index contributed by atoms with van der Waals surface area (Å²) >= 11 is 0. The van der Waals surface area contributed by atoms with Crippen LogP contribution in [0.5, 0.6) is 0 Å². The Balaban J connectivity index is 1.34. The van der Waals surface area contributed by atoms with Gasteiger partial charge >= 0.3 is 5.97 Å². The number of ether oxygens (including phenoxy) is 3. The van der Waals surface area contributed by atoms with E-state index in [2.05, 4.69) is 6.58 Å². The molecule has 1 unspecified atom stereocenters. The topological polar surface area (TPSA) is 108 Å². The maximum absolute atomic E-state index is 17.7. The maximum Gasteiger partial charge on any atom is 0.338 e. The molecule has 1 saturated heterocycles. The van der Waals surface area contributed by atoms with Crippen LogP contribution in [0, 0.1) is 22.7 Å². The number of halogens is 2. The van der Waals surface area contributed by atoms with E-state index in [9.17, 15) is 14.7 Å². The van der Waals surface area contributed by atoms with Gasteiger partial charge in [0.15, 0.2) is 24.2 Å². The Labute approximate surface area is 251 Å². The fraction of sp³-hybridized carbons (Fsp3) is 0.588. The number of aliphatic hydroxyl groups excluding tert-OH is 1. The van der Waals surface area contributed by atoms with Crippen molar-refractivity contribution in [3.8, 4) is 0 Å². The number of esters is 1. The van der Waals surface area contributed by atoms with Crippen molar-refractivity contribution in [2.24, 2.45) is 28.4 Å². The van der Waals surface area contributed by atoms with Crippen LogP contribution in [0.3, 0.4) is 0 Å². The molecule has 232 valence electrons. The number of carbonyl (C=O) groups is 2. The van der Waals surface area contributed by atoms with Crippen molar-refractivity contribution in [1.29, 1.82) is 0 Å². The van der Waals surface area contributed by atoms with Crippen LogP contribution in [0.2, 0.25) is 0 Å². The van der Waals surface area contributed by atoms with Crippen LogP contribution in [-0.2, 0) is 25.5 Å². The van der Waals surface area contributed by atoms with E-state index in [0.717, 1.165) is 12.0 Å². The molecule has 0 bridgehead atoms. The van der Waals surface area contributed by atoms with Crippen molar-refractivity contribution in [2.75, 3.05) is 6.61 Å². The molecule has 1 heterocycles. The molecule has 3 saturated carbocycles. The van der Waals surface area contributed by atoms with Gasteiger partial charge in [-0.1, -0.05) is 57.2 Å². The summed E-state index contributed by atoms with van der Waals surface area (Å²) in [5.74, 6) is -2.62. The molecule has 10 atom stereocenters. The monoisotopic (exact) mass is 597 g/mol. The van der Waals surface area contributed by atoms with Crippen molar-refractivity contribution >= 4 is 11.8 Å². The molecular weight excluding hydrogens is 556 g/mol. The summed E-state index contributed by atoms with van der Waals surface area (Å²) in [6.07, 6.45) is 1.81. The number of allylic oxidation sites excluding steroid dienone is 5. The lowest BCUT2D eigenvalue weighted by Gasteiger charge is -2.63. The van der Waals surface area contributed by atoms with E-state index < -0.39 is 77.0 Å². The van der Waals surface area contributed by atoms with Crippen LogP contribution in [0.4, 0.5) is 8.78 Å². The first-order valence-corrected chi connectivity index (χ1v) is 15.3. The smallest absolute Gasteiger partial charge is 0.338 e. The van der Waals surface area contributed by atoms with Gasteiger partial charge in [-0.05, 0) is 67.4 Å². The van der Waals surface area contributed by atoms with Crippen molar-refractivity contribution in [1.82, 2.24) is 0 Å². The van der Waals surface area contributed by atoms with E-state index in [1.807, 2.05) is 13.8 Å². The van der Waals surface area contributed by atoms with E-state index >= 15 is 8.78 Å². The maximum atomic E-state index is 17.7. The molecule has 4 fully saturated rings. The van der Waals surface area contributed by atoms with Crippen LogP contribution in [0.1, 0.15) is 68.8 Å². The Morgan fingerprint density at radius 3 is 2.58 bits per heavy atom. The summed E-state index contributed by atoms with van der Waals surface area (Å²) in [6, 6.07) is 6.60. The van der Waals surface area contributed by atoms with Crippen molar-refractivity contribution < 1.29 is 37.7 Å². The lowest BCUT2D eigenvalue weighted by atomic mass is 9.44. The van der Waals surface area contributed by atoms with E-state index in [0.29, 0.717) is 18.5 Å². The quantitative estimate of drug-likeness (QED) is 0.423. The molecule has 43 heavy (non-hydrogen) atoms. The van der Waals surface area contributed by atoms with Crippen LogP contribution in [-0.4, -0.2) is 59.4 Å². The SMILES string of the molecule is C=C1C=C[C@@]2(C)C(=C1)[C@@H](F)C[C@H]1[C@@H]3C[C@H]4OC(CCC)O[C@@]4(C(=O)COC(=O)c4ccc(CN)cc4)[C@@]3(C)C[C@H](O)[C@@]12F. The van der Waals surface area contributed by atoms with Gasteiger partial charge in [-0.25, -0.2) is 13.6 Å². The molecule has 4 aliphatic carbocycles. The third kappa shape index (κ3) is 4.11. The first-order chi connectivity index (χ1) is 20.4. The summed E-state index contributed by atoms with van der Waals surface area (Å²) in [7, 11) is 0. The highest BCUT2D eigenvalue weighted by Gasteiger charge is 2.80. The number of hydrogen-bond donors (Lipinski definition) is 2. The Morgan fingerprint density at radius 1 is 1.19 bits per heavy atom. The van der Waals surface area contributed by atoms with Gasteiger partial charge in [0.25, 0.3) is 0 Å². The highest BCUT2D eigenvalue weighted by atomic mass is 19.1. The number of aliphatic hydroxyl groups is 1. The minimum Gasteiger partial charge on any atom is -0.454 e. The lowest BCUT2D eigenvalue weighted by molar-refractivity contribution is -0.234. The Bertz CT molecular complexity index is 1390. The number of nitrogens with two attached hydrogens (primary N) is 1. The molecule has 0 radical (unpaired) electrons. The molecule has 9 heteroatoms. The first-order valence-electron chi connectivity index (χ1n) is 15.3. The van der Waals surface area contributed by atoms with E-state index in [4.69, 9.17) is 19.9 Å². The third-order valence-electron chi connectivity index (χ3n) is 11.2. The first kappa shape index (κ1) is 30.3. The second-order valence-electron chi connectivity index (χ2n) is 13.4. The number of benzene rings is 1. The van der Waals surface area contributed by atoms with Gasteiger partial charge in [0.2, 0.25) is 5.78 Å². The fourth-order valence-corrected chi connectivity index (χ4v) is 9.06. The number of ketones is 1. The fourth-order valence-electron chi connectivity index (χ4n) is 9.06. The van der Waals surface area contributed by atoms with Crippen molar-refractivity contribution in [3.63, 3.8) is 0 Å². The van der Waals surface area contributed by atoms with Gasteiger partial charge in [-0.2, -0.15) is 0 Å². The predicted octanol–water partition coefficient (Wildman–Crippen LogP) is 5.07. The van der Waals surface area contributed by atoms with Crippen LogP contribution in [0.25, 0.3) is 0 Å². The number of fused-ring (bicyclic) bond motifs is 7. The number of Topliss-reactive ketones (excluding diaryl/α,β-unsaturated/α-hetero) is 1. The molecule has 0 aromatic heterocycles. The van der Waals surface area contributed by atoms with Gasteiger partial charge in [-0.15, -0.1) is 0 Å². The normalized spacial score (nSPS) is 42.9. The van der Waals surface area contributed by atoms with Crippen molar-refractivity contribution in [2.45, 2.75) is 95.4 Å². The summed E-state index contributed by atoms with van der Waals surface area (Å²) < 4.78 is 51.9. The highest BCUT2D eigenvalue weighted by molar-refractivity contribution is 5.95. The van der Waals surface area contributed by atoms with E-state index in [1.54, 1.807) is 49.4 Å². The number of hydrogen-bond acceptors (Lipinski definition) is 7. The molecule has 0 amide bonds. The van der Waals surface area contributed by atoms with Gasteiger partial charge in [0.05, 0.1) is 17.8 Å². The molecule has 7 nitrogen and oxygen atoms in total. The largest absolute Gasteiger partial charge is 0.454 e. The number of alkyl halides is 2. The summed E-state index contributed by atoms with van der Waals surface area (Å²) in [6.45, 7) is 9.09. The predicted molar refractivity (Wildman–Crippen MR) is 155 cm³/mol. The molecule has 1 aromatic rings. The molecule has 3 N–H and O–H groups in total. The third-order valence-corrected chi connectivity index (χ3v) is 11.2. The highest BCUT2D eigenvalue weighted by Crippen LogP contribution is 2.72. The summed E-state index contributed by atoms with van der Waals surface area (Å²) in [5, 5.41) is 11.7. The van der Waals surface area contributed by atoms with Crippen LogP contribution in [0.15, 0.2) is 60.2 Å². The minimum atomic E-state index is -2.18. The molecule has 1 aromatic carbocycles. The Kier molecular flexibility index (Phi) is 7.35. The van der Waals surface area contributed by atoms with Crippen LogP contribution < -0.4 is 5.73 Å². The zero-order chi connectivity index (χ0) is 30.9. The molecule has 0 spiro atoms. The average molecular weight is 598 g/mol. The molecular formula is C34H41F2NO6. The zero-order valence-corrected chi connectivity index (χ0v) is 25.0. The lowest BCUT2D eigenvalue weighted by Crippen LogP contribution is -2.70. The Hall–Kier alpha value is -2.72. The molecule has 1 aliphatic heterocycles. The van der Waals surface area contributed by atoms with Gasteiger partial charge in [0, 0.05) is 23.3 Å². The second-order valence-corrected chi connectivity index (χ2v) is 13.4. The molecule has 6 rings (SSSR count). The van der Waals surface area contributed by atoms with Gasteiger partial charge in [-0.3, -0.25) is 4.79 Å². The second kappa shape index (κ2) is 10.4. The summed E-state index contributed by atoms with van der Waals surface area (Å²) in [5.41, 5.74) is 1.37. The number of rotatable bonds is 7. The van der Waals surface area contributed by atoms with Gasteiger partial charge < -0.3 is 25.1 Å². The Morgan fingerprint density at radius 2 is 1.91 bits per heavy atom. The van der Waals surface area contributed by atoms with Crippen molar-refractivity contribution in [3.05, 3.63) is 71.3 Å². The summed E-state index contributed by atoms with van der Waals surface area (Å²) in [4.78, 5) is 27.1. The van der Waals surface area contributed by atoms with E-state index in [-0.39, 0.29) is 30.4 Å².